The first-order chi connectivity index (χ1) is 11.0. The summed E-state index contributed by atoms with van der Waals surface area (Å²) in [5.41, 5.74) is 1.99. The zero-order chi connectivity index (χ0) is 16.6. The van der Waals surface area contributed by atoms with Gasteiger partial charge in [-0.3, -0.25) is 9.48 Å². The summed E-state index contributed by atoms with van der Waals surface area (Å²) in [5, 5.41) is 4.14. The number of rotatable bonds is 3. The maximum atomic E-state index is 13.4. The number of nitrogens with zero attached hydrogens (tertiary/aromatic N) is 4. The van der Waals surface area contributed by atoms with Crippen LogP contribution in [0.4, 0.5) is 4.39 Å². The highest BCUT2D eigenvalue weighted by Gasteiger charge is 2.12. The number of hydrogen-bond donors (Lipinski definition) is 0. The Morgan fingerprint density at radius 2 is 2.26 bits per heavy atom. The first-order valence-electron chi connectivity index (χ1n) is 6.99. The zero-order valence-electron chi connectivity index (χ0n) is 12.8. The van der Waals surface area contributed by atoms with Crippen LogP contribution in [-0.4, -0.2) is 20.3 Å². The molecular weight excluding hydrogens is 315 g/mol. The quantitative estimate of drug-likeness (QED) is 0.694. The molecular formula is C16H15FN4OS. The lowest BCUT2D eigenvalue weighted by atomic mass is 10.3. The third kappa shape index (κ3) is 2.87. The summed E-state index contributed by atoms with van der Waals surface area (Å²) in [7, 11) is 1.77. The first kappa shape index (κ1) is 15.4. The predicted octanol–water partition coefficient (Wildman–Crippen LogP) is 2.81. The molecule has 0 bridgehead atoms. The van der Waals surface area contributed by atoms with Crippen molar-refractivity contribution >= 4 is 27.5 Å². The van der Waals surface area contributed by atoms with Crippen molar-refractivity contribution < 1.29 is 9.18 Å². The Balaban J connectivity index is 2.15. The third-order valence-corrected chi connectivity index (χ3v) is 4.53. The molecule has 0 saturated heterocycles. The largest absolute Gasteiger partial charge is 0.312 e. The minimum Gasteiger partial charge on any atom is -0.312 e. The van der Waals surface area contributed by atoms with E-state index in [1.807, 2.05) is 11.5 Å². The molecule has 7 heteroatoms. The van der Waals surface area contributed by atoms with Crippen LogP contribution in [0.1, 0.15) is 16.2 Å². The average molecular weight is 330 g/mol. The van der Waals surface area contributed by atoms with Crippen molar-refractivity contribution in [3.63, 3.8) is 0 Å². The minimum atomic E-state index is -0.418. The van der Waals surface area contributed by atoms with Crippen LogP contribution < -0.4 is 4.80 Å². The van der Waals surface area contributed by atoms with Gasteiger partial charge in [0.05, 0.1) is 10.2 Å². The second-order valence-corrected chi connectivity index (χ2v) is 6.12. The maximum Gasteiger partial charge on any atom is 0.300 e. The fourth-order valence-electron chi connectivity index (χ4n) is 2.25. The van der Waals surface area contributed by atoms with E-state index in [0.29, 0.717) is 17.0 Å². The molecule has 0 spiro atoms. The standard InChI is InChI=1S/C16H15FN4OS/c1-4-7-21-13-6-5-11(17)9-14(13)23-16(21)18-15(22)12-8-10(2)20(3)19-12/h4-6,8-9H,1,7H2,2-3H3. The first-order valence-corrected chi connectivity index (χ1v) is 7.80. The molecule has 0 saturated carbocycles. The Hall–Kier alpha value is -2.54. The maximum absolute atomic E-state index is 13.4. The van der Waals surface area contributed by atoms with Gasteiger partial charge in [-0.25, -0.2) is 4.39 Å². The number of allylic oxidation sites excluding steroid dienone is 1. The van der Waals surface area contributed by atoms with Gasteiger partial charge >= 0.3 is 0 Å². The van der Waals surface area contributed by atoms with Gasteiger partial charge in [0.1, 0.15) is 5.82 Å². The van der Waals surface area contributed by atoms with Crippen molar-refractivity contribution in [2.45, 2.75) is 13.5 Å². The molecule has 5 nitrogen and oxygen atoms in total. The summed E-state index contributed by atoms with van der Waals surface area (Å²) in [6, 6.07) is 6.20. The van der Waals surface area contributed by atoms with Gasteiger partial charge in [-0.15, -0.1) is 6.58 Å². The Morgan fingerprint density at radius 1 is 1.48 bits per heavy atom. The molecule has 0 N–H and O–H groups in total. The lowest BCUT2D eigenvalue weighted by molar-refractivity contribution is 0.0992. The summed E-state index contributed by atoms with van der Waals surface area (Å²) in [4.78, 5) is 17.0. The Morgan fingerprint density at radius 3 is 2.91 bits per heavy atom. The van der Waals surface area contributed by atoms with Crippen molar-refractivity contribution in [1.29, 1.82) is 0 Å². The van der Waals surface area contributed by atoms with Gasteiger partial charge in [0, 0.05) is 19.3 Å². The van der Waals surface area contributed by atoms with Crippen LogP contribution in [0.5, 0.6) is 0 Å². The molecule has 0 aliphatic rings. The average Bonchev–Trinajstić information content (AvgIpc) is 3.00. The van der Waals surface area contributed by atoms with Gasteiger partial charge in [0.15, 0.2) is 10.5 Å². The van der Waals surface area contributed by atoms with Crippen LogP contribution in [0.25, 0.3) is 10.2 Å². The summed E-state index contributed by atoms with van der Waals surface area (Å²) in [6.45, 7) is 6.07. The van der Waals surface area contributed by atoms with E-state index in [2.05, 4.69) is 16.7 Å². The normalized spacial score (nSPS) is 12.0. The minimum absolute atomic E-state index is 0.291. The van der Waals surface area contributed by atoms with Crippen LogP contribution in [0.2, 0.25) is 0 Å². The van der Waals surface area contributed by atoms with Crippen LogP contribution >= 0.6 is 11.3 Å². The molecule has 0 radical (unpaired) electrons. The number of aromatic nitrogens is 3. The van der Waals surface area contributed by atoms with E-state index in [9.17, 15) is 9.18 Å². The SMILES string of the molecule is C=CCn1c(=NC(=O)c2cc(C)n(C)n2)sc2cc(F)ccc21. The number of carbonyl (C=O) groups is 1. The van der Waals surface area contributed by atoms with Crippen LogP contribution in [-0.2, 0) is 13.6 Å². The van der Waals surface area contributed by atoms with Crippen LogP contribution in [0.3, 0.4) is 0 Å². The Labute approximate surface area is 136 Å². The van der Waals surface area contributed by atoms with Crippen LogP contribution in [0, 0.1) is 12.7 Å². The van der Waals surface area contributed by atoms with E-state index in [1.54, 1.807) is 29.9 Å². The van der Waals surface area contributed by atoms with E-state index < -0.39 is 5.91 Å². The Bertz CT molecular complexity index is 960. The fourth-order valence-corrected chi connectivity index (χ4v) is 3.31. The number of benzene rings is 1. The molecule has 2 heterocycles. The summed E-state index contributed by atoms with van der Waals surface area (Å²) < 4.78 is 17.6. The van der Waals surface area contributed by atoms with E-state index >= 15 is 0 Å². The summed E-state index contributed by atoms with van der Waals surface area (Å²) in [6.07, 6.45) is 1.71. The molecule has 3 rings (SSSR count). The number of fused-ring (bicyclic) bond motifs is 1. The molecule has 1 amide bonds. The molecule has 118 valence electrons. The number of amides is 1. The smallest absolute Gasteiger partial charge is 0.300 e. The number of hydrogen-bond acceptors (Lipinski definition) is 3. The van der Waals surface area contributed by atoms with Crippen molar-refractivity contribution in [1.82, 2.24) is 14.3 Å². The second kappa shape index (κ2) is 5.92. The summed E-state index contributed by atoms with van der Waals surface area (Å²) in [5.74, 6) is -0.735. The topological polar surface area (TPSA) is 52.2 Å². The number of thiazole rings is 1. The number of halogens is 1. The molecule has 3 aromatic rings. The van der Waals surface area contributed by atoms with E-state index in [4.69, 9.17) is 0 Å². The molecule has 2 aromatic heterocycles. The van der Waals surface area contributed by atoms with Gasteiger partial charge in [0.25, 0.3) is 5.91 Å². The van der Waals surface area contributed by atoms with E-state index in [1.165, 1.54) is 23.5 Å². The molecule has 0 aliphatic heterocycles. The molecule has 0 unspecified atom stereocenters. The number of carbonyl (C=O) groups excluding carboxylic acids is 1. The van der Waals surface area contributed by atoms with Gasteiger partial charge in [-0.1, -0.05) is 17.4 Å². The molecule has 0 aliphatic carbocycles. The molecule has 0 atom stereocenters. The lowest BCUT2D eigenvalue weighted by Crippen LogP contribution is -2.16. The van der Waals surface area contributed by atoms with Gasteiger partial charge in [-0.2, -0.15) is 10.1 Å². The van der Waals surface area contributed by atoms with Crippen molar-refractivity contribution in [2.75, 3.05) is 0 Å². The van der Waals surface area contributed by atoms with E-state index in [-0.39, 0.29) is 5.82 Å². The summed E-state index contributed by atoms with van der Waals surface area (Å²) >= 11 is 1.27. The van der Waals surface area contributed by atoms with Gasteiger partial charge in [-0.05, 0) is 31.2 Å². The van der Waals surface area contributed by atoms with Gasteiger partial charge in [0.2, 0.25) is 0 Å². The highest BCUT2D eigenvalue weighted by Crippen LogP contribution is 2.18. The van der Waals surface area contributed by atoms with Crippen molar-refractivity contribution in [2.24, 2.45) is 12.0 Å². The Kier molecular flexibility index (Phi) is 3.96. The molecule has 23 heavy (non-hydrogen) atoms. The molecule has 1 aromatic carbocycles. The fraction of sp³-hybridized carbons (Fsp3) is 0.188. The monoisotopic (exact) mass is 330 g/mol. The van der Waals surface area contributed by atoms with Crippen molar-refractivity contribution in [3.05, 3.63) is 58.9 Å². The third-order valence-electron chi connectivity index (χ3n) is 3.49. The highest BCUT2D eigenvalue weighted by atomic mass is 32.1. The van der Waals surface area contributed by atoms with Gasteiger partial charge < -0.3 is 4.57 Å². The van der Waals surface area contributed by atoms with Crippen molar-refractivity contribution in [3.8, 4) is 0 Å². The highest BCUT2D eigenvalue weighted by molar-refractivity contribution is 7.16. The lowest BCUT2D eigenvalue weighted by Gasteiger charge is -2.00. The number of aryl methyl sites for hydroxylation is 2. The second-order valence-electron chi connectivity index (χ2n) is 5.11. The van der Waals surface area contributed by atoms with Crippen LogP contribution in [0.15, 0.2) is 41.9 Å². The van der Waals surface area contributed by atoms with E-state index in [0.717, 1.165) is 15.9 Å². The zero-order valence-corrected chi connectivity index (χ0v) is 13.6. The predicted molar refractivity (Wildman–Crippen MR) is 87.8 cm³/mol. The molecule has 0 fully saturated rings.